The Balaban J connectivity index is 1.30. The zero-order valence-corrected chi connectivity index (χ0v) is 30.5. The van der Waals surface area contributed by atoms with Gasteiger partial charge in [-0.25, -0.2) is 0 Å². The van der Waals surface area contributed by atoms with Gasteiger partial charge in [0.25, 0.3) is 0 Å². The molecule has 0 heterocycles. The molecule has 0 atom stereocenters. The van der Waals surface area contributed by atoms with Gasteiger partial charge in [0, 0.05) is 5.41 Å². The molecule has 0 amide bonds. The standard InChI is InChI=1S/C54H38/c1-53(2)46-25-13-15-27-48(46)54(49-28-16-14-26-47(49)53)50-33-37(35-17-5-3-6-18-35)29-30-44(50)52-43-24-12-11-23-41(43)45(34-51(52)54)42-32-31-38(36-19-7-4-8-20-36)39-21-9-10-22-40(39)42/h3-34H,1-2H3. The molecule has 254 valence electrons. The van der Waals surface area contributed by atoms with Crippen LogP contribution >= 0.6 is 0 Å². The first-order valence-electron chi connectivity index (χ1n) is 19.1. The van der Waals surface area contributed by atoms with E-state index in [1.54, 1.807) is 0 Å². The van der Waals surface area contributed by atoms with Crippen LogP contribution in [-0.2, 0) is 10.8 Å². The third-order valence-electron chi connectivity index (χ3n) is 12.6. The van der Waals surface area contributed by atoms with Crippen LogP contribution in [0.2, 0.25) is 0 Å². The highest BCUT2D eigenvalue weighted by molar-refractivity contribution is 6.15. The van der Waals surface area contributed by atoms with Crippen molar-refractivity contribution in [2.45, 2.75) is 24.7 Å². The number of hydrogen-bond donors (Lipinski definition) is 0. The molecule has 0 heteroatoms. The third kappa shape index (κ3) is 4.14. The van der Waals surface area contributed by atoms with E-state index in [9.17, 15) is 0 Å². The molecule has 0 radical (unpaired) electrons. The SMILES string of the molecule is CC1(C)c2ccccc2C2(c3cc(-c4ccccc4)ccc3-c3c2cc(-c2ccc(-c4ccccc4)c4ccccc24)c2ccccc32)c2ccccc21. The fourth-order valence-corrected chi connectivity index (χ4v) is 10.2. The van der Waals surface area contributed by atoms with Crippen molar-refractivity contribution in [2.24, 2.45) is 0 Å². The minimum absolute atomic E-state index is 0.165. The molecule has 54 heavy (non-hydrogen) atoms. The summed E-state index contributed by atoms with van der Waals surface area (Å²) in [4.78, 5) is 0. The van der Waals surface area contributed by atoms with Gasteiger partial charge in [-0.05, 0) is 112 Å². The Morgan fingerprint density at radius 2 is 0.741 bits per heavy atom. The van der Waals surface area contributed by atoms with Crippen LogP contribution in [0.4, 0.5) is 0 Å². The molecule has 0 saturated heterocycles. The van der Waals surface area contributed by atoms with Crippen molar-refractivity contribution in [3.05, 3.63) is 228 Å². The molecule has 1 spiro atoms. The zero-order valence-electron chi connectivity index (χ0n) is 30.5. The molecule has 0 N–H and O–H groups in total. The average Bonchev–Trinajstić information content (AvgIpc) is 3.53. The molecule has 0 aromatic heterocycles. The summed E-state index contributed by atoms with van der Waals surface area (Å²) in [5, 5.41) is 5.12. The summed E-state index contributed by atoms with van der Waals surface area (Å²) in [6, 6.07) is 72.8. The maximum atomic E-state index is 2.58. The largest absolute Gasteiger partial charge is 0.0720 e. The van der Waals surface area contributed by atoms with Crippen LogP contribution < -0.4 is 0 Å². The molecular formula is C54H38. The first-order chi connectivity index (χ1) is 26.6. The summed E-state index contributed by atoms with van der Waals surface area (Å²) in [6.07, 6.45) is 0. The van der Waals surface area contributed by atoms with Crippen molar-refractivity contribution in [3.8, 4) is 44.5 Å². The van der Waals surface area contributed by atoms with Crippen LogP contribution in [-0.4, -0.2) is 0 Å². The Labute approximate surface area is 317 Å². The molecule has 0 fully saturated rings. The van der Waals surface area contributed by atoms with Gasteiger partial charge in [0.05, 0.1) is 5.41 Å². The topological polar surface area (TPSA) is 0 Å². The normalized spacial score (nSPS) is 14.4. The molecule has 2 aliphatic carbocycles. The van der Waals surface area contributed by atoms with Crippen LogP contribution in [0, 0.1) is 0 Å². The predicted molar refractivity (Wildman–Crippen MR) is 227 cm³/mol. The minimum Gasteiger partial charge on any atom is -0.0622 e. The van der Waals surface area contributed by atoms with Gasteiger partial charge < -0.3 is 0 Å². The van der Waals surface area contributed by atoms with Crippen molar-refractivity contribution in [3.63, 3.8) is 0 Å². The molecule has 0 saturated carbocycles. The molecule has 0 bridgehead atoms. The smallest absolute Gasteiger partial charge is 0.0622 e. The van der Waals surface area contributed by atoms with Crippen molar-refractivity contribution < 1.29 is 0 Å². The van der Waals surface area contributed by atoms with Gasteiger partial charge >= 0.3 is 0 Å². The summed E-state index contributed by atoms with van der Waals surface area (Å²) in [5.41, 5.74) is 17.8. The summed E-state index contributed by atoms with van der Waals surface area (Å²) < 4.78 is 0. The number of rotatable bonds is 3. The first kappa shape index (κ1) is 31.1. The van der Waals surface area contributed by atoms with Crippen LogP contribution in [0.3, 0.4) is 0 Å². The molecular weight excluding hydrogens is 649 g/mol. The van der Waals surface area contributed by atoms with E-state index in [1.807, 2.05) is 0 Å². The van der Waals surface area contributed by atoms with E-state index >= 15 is 0 Å². The lowest BCUT2D eigenvalue weighted by Gasteiger charge is -2.46. The predicted octanol–water partition coefficient (Wildman–Crippen LogP) is 14.0. The highest BCUT2D eigenvalue weighted by Crippen LogP contribution is 2.64. The highest BCUT2D eigenvalue weighted by atomic mass is 14.5. The van der Waals surface area contributed by atoms with E-state index in [-0.39, 0.29) is 5.41 Å². The van der Waals surface area contributed by atoms with E-state index in [2.05, 4.69) is 208 Å². The first-order valence-corrected chi connectivity index (χ1v) is 19.1. The van der Waals surface area contributed by atoms with Crippen molar-refractivity contribution in [1.29, 1.82) is 0 Å². The van der Waals surface area contributed by atoms with Gasteiger partial charge in [-0.3, -0.25) is 0 Å². The molecule has 2 aliphatic rings. The Hall–Kier alpha value is -6.50. The fraction of sp³-hybridized carbons (Fsp3) is 0.0741. The lowest BCUT2D eigenvalue weighted by Crippen LogP contribution is -2.40. The Morgan fingerprint density at radius 1 is 0.278 bits per heavy atom. The number of benzene rings is 9. The molecule has 9 aromatic rings. The second-order valence-electron chi connectivity index (χ2n) is 15.6. The van der Waals surface area contributed by atoms with E-state index in [0.717, 1.165) is 0 Å². The quantitative estimate of drug-likeness (QED) is 0.174. The number of hydrogen-bond acceptors (Lipinski definition) is 0. The minimum atomic E-state index is -0.517. The van der Waals surface area contributed by atoms with Gasteiger partial charge in [-0.15, -0.1) is 0 Å². The van der Waals surface area contributed by atoms with E-state index in [0.29, 0.717) is 0 Å². The van der Waals surface area contributed by atoms with Crippen LogP contribution in [0.15, 0.2) is 194 Å². The summed E-state index contributed by atoms with van der Waals surface area (Å²) in [7, 11) is 0. The zero-order chi connectivity index (χ0) is 36.0. The Bertz CT molecular complexity index is 2900. The van der Waals surface area contributed by atoms with Gasteiger partial charge in [-0.2, -0.15) is 0 Å². The third-order valence-corrected chi connectivity index (χ3v) is 12.6. The van der Waals surface area contributed by atoms with Crippen molar-refractivity contribution in [2.75, 3.05) is 0 Å². The monoisotopic (exact) mass is 686 g/mol. The lowest BCUT2D eigenvalue weighted by atomic mass is 9.55. The summed E-state index contributed by atoms with van der Waals surface area (Å²) >= 11 is 0. The highest BCUT2D eigenvalue weighted by Gasteiger charge is 2.54. The fourth-order valence-electron chi connectivity index (χ4n) is 10.2. The molecule has 0 nitrogen and oxygen atoms in total. The van der Waals surface area contributed by atoms with Gasteiger partial charge in [0.15, 0.2) is 0 Å². The van der Waals surface area contributed by atoms with E-state index in [4.69, 9.17) is 0 Å². The van der Waals surface area contributed by atoms with Crippen LogP contribution in [0.5, 0.6) is 0 Å². The maximum Gasteiger partial charge on any atom is 0.0720 e. The van der Waals surface area contributed by atoms with Crippen LogP contribution in [0.1, 0.15) is 47.2 Å². The molecule has 9 aromatic carbocycles. The summed E-state index contributed by atoms with van der Waals surface area (Å²) in [6.45, 7) is 4.81. The van der Waals surface area contributed by atoms with Gasteiger partial charge in [-0.1, -0.05) is 196 Å². The molecule has 0 aliphatic heterocycles. The Kier molecular flexibility index (Phi) is 6.61. The molecule has 0 unspecified atom stereocenters. The van der Waals surface area contributed by atoms with Gasteiger partial charge in [0.1, 0.15) is 0 Å². The lowest BCUT2D eigenvalue weighted by molar-refractivity contribution is 0.563. The Morgan fingerprint density at radius 3 is 1.37 bits per heavy atom. The van der Waals surface area contributed by atoms with Gasteiger partial charge in [0.2, 0.25) is 0 Å². The maximum absolute atomic E-state index is 2.58. The van der Waals surface area contributed by atoms with Crippen molar-refractivity contribution in [1.82, 2.24) is 0 Å². The summed E-state index contributed by atoms with van der Waals surface area (Å²) in [5.74, 6) is 0. The second kappa shape index (κ2) is 11.5. The average molecular weight is 687 g/mol. The molecule has 11 rings (SSSR count). The number of fused-ring (bicyclic) bond motifs is 12. The van der Waals surface area contributed by atoms with E-state index < -0.39 is 5.41 Å². The van der Waals surface area contributed by atoms with E-state index in [1.165, 1.54) is 99.4 Å². The van der Waals surface area contributed by atoms with Crippen molar-refractivity contribution >= 4 is 21.5 Å². The van der Waals surface area contributed by atoms with Crippen LogP contribution in [0.25, 0.3) is 66.1 Å². The second-order valence-corrected chi connectivity index (χ2v) is 15.6.